The third-order valence-corrected chi connectivity index (χ3v) is 4.40. The molecule has 0 aromatic rings. The zero-order valence-corrected chi connectivity index (χ0v) is 15.4. The number of unbranched alkanes of at least 4 members (excludes halogenated alkanes) is 5. The Hall–Kier alpha value is -0.0800. The first kappa shape index (κ1) is 20.9. The molecular formula is C19H40O2. The summed E-state index contributed by atoms with van der Waals surface area (Å²) in [5, 5.41) is 0. The summed E-state index contributed by atoms with van der Waals surface area (Å²) in [6, 6.07) is 0. The van der Waals surface area contributed by atoms with E-state index in [0.29, 0.717) is 5.92 Å². The van der Waals surface area contributed by atoms with E-state index in [1.807, 2.05) is 0 Å². The molecule has 2 heteroatoms. The molecule has 0 aliphatic carbocycles. The Bertz CT molecular complexity index is 199. The minimum absolute atomic E-state index is 0.337. The first-order valence-electron chi connectivity index (χ1n) is 9.48. The van der Waals surface area contributed by atoms with E-state index in [-0.39, 0.29) is 5.79 Å². The van der Waals surface area contributed by atoms with Crippen LogP contribution in [0.5, 0.6) is 0 Å². The van der Waals surface area contributed by atoms with E-state index >= 15 is 0 Å². The summed E-state index contributed by atoms with van der Waals surface area (Å²) in [5.74, 6) is 0.194. The van der Waals surface area contributed by atoms with Crippen LogP contribution in [0.25, 0.3) is 0 Å². The number of rotatable bonds is 15. The highest BCUT2D eigenvalue weighted by Gasteiger charge is 2.38. The van der Waals surface area contributed by atoms with Crippen LogP contribution in [0, 0.1) is 5.92 Å². The highest BCUT2D eigenvalue weighted by atomic mass is 16.7. The third-order valence-electron chi connectivity index (χ3n) is 4.40. The highest BCUT2D eigenvalue weighted by Crippen LogP contribution is 2.35. The summed E-state index contributed by atoms with van der Waals surface area (Å²) < 4.78 is 12.3. The van der Waals surface area contributed by atoms with E-state index in [1.165, 1.54) is 44.9 Å². The van der Waals surface area contributed by atoms with Crippen molar-refractivity contribution >= 4 is 0 Å². The molecule has 0 radical (unpaired) electrons. The molecule has 128 valence electrons. The van der Waals surface area contributed by atoms with Gasteiger partial charge in [-0.25, -0.2) is 0 Å². The van der Waals surface area contributed by atoms with Gasteiger partial charge in [0.1, 0.15) is 0 Å². The lowest BCUT2D eigenvalue weighted by Crippen LogP contribution is -2.43. The Kier molecular flexibility index (Phi) is 13.5. The van der Waals surface area contributed by atoms with E-state index in [2.05, 4.69) is 34.6 Å². The van der Waals surface area contributed by atoms with Crippen LogP contribution in [-0.4, -0.2) is 19.0 Å². The Balaban J connectivity index is 4.43. The van der Waals surface area contributed by atoms with Gasteiger partial charge < -0.3 is 9.47 Å². The van der Waals surface area contributed by atoms with Crippen LogP contribution in [-0.2, 0) is 9.47 Å². The predicted octanol–water partition coefficient (Wildman–Crippen LogP) is 6.33. The van der Waals surface area contributed by atoms with Gasteiger partial charge in [0, 0.05) is 25.6 Å². The molecular weight excluding hydrogens is 260 g/mol. The Morgan fingerprint density at radius 2 is 1.29 bits per heavy atom. The van der Waals surface area contributed by atoms with Crippen molar-refractivity contribution in [3.05, 3.63) is 0 Å². The molecule has 0 saturated heterocycles. The first-order valence-corrected chi connectivity index (χ1v) is 9.48. The second kappa shape index (κ2) is 13.6. The molecule has 0 aromatic heterocycles. The molecule has 0 N–H and O–H groups in total. The molecule has 0 spiro atoms. The summed E-state index contributed by atoms with van der Waals surface area (Å²) in [6.07, 6.45) is 12.7. The third kappa shape index (κ3) is 8.21. The van der Waals surface area contributed by atoms with Gasteiger partial charge in [0.25, 0.3) is 0 Å². The lowest BCUT2D eigenvalue weighted by Gasteiger charge is -2.40. The second-order valence-electron chi connectivity index (χ2n) is 6.09. The monoisotopic (exact) mass is 300 g/mol. The fraction of sp³-hybridized carbons (Fsp3) is 1.00. The van der Waals surface area contributed by atoms with E-state index in [0.717, 1.165) is 32.5 Å². The van der Waals surface area contributed by atoms with Crippen molar-refractivity contribution in [3.8, 4) is 0 Å². The average molecular weight is 301 g/mol. The summed E-state index contributed by atoms with van der Waals surface area (Å²) in [5.41, 5.74) is 0. The fourth-order valence-electron chi connectivity index (χ4n) is 3.37. The van der Waals surface area contributed by atoms with Crippen molar-refractivity contribution in [3.63, 3.8) is 0 Å². The van der Waals surface area contributed by atoms with Crippen molar-refractivity contribution in [1.82, 2.24) is 0 Å². The molecule has 0 heterocycles. The van der Waals surface area contributed by atoms with Gasteiger partial charge in [-0.05, 0) is 26.7 Å². The van der Waals surface area contributed by atoms with Gasteiger partial charge in [0.05, 0.1) is 0 Å². The van der Waals surface area contributed by atoms with Crippen molar-refractivity contribution in [2.24, 2.45) is 5.92 Å². The maximum Gasteiger partial charge on any atom is 0.170 e. The molecule has 0 amide bonds. The summed E-state index contributed by atoms with van der Waals surface area (Å²) in [7, 11) is 0. The van der Waals surface area contributed by atoms with Crippen molar-refractivity contribution < 1.29 is 9.47 Å². The molecule has 0 bridgehead atoms. The van der Waals surface area contributed by atoms with Crippen LogP contribution in [0.4, 0.5) is 0 Å². The van der Waals surface area contributed by atoms with Gasteiger partial charge in [0.15, 0.2) is 5.79 Å². The Morgan fingerprint density at radius 1 is 0.714 bits per heavy atom. The molecule has 1 atom stereocenters. The molecule has 0 saturated carbocycles. The number of hydrogen-bond donors (Lipinski definition) is 0. The standard InChI is InChI=1S/C19H40O2/c1-6-11-12-13-14-15-16-18(8-3)19(17-7-2,20-9-4)21-10-5/h18H,6-17H2,1-5H3. The van der Waals surface area contributed by atoms with Crippen LogP contribution >= 0.6 is 0 Å². The van der Waals surface area contributed by atoms with Gasteiger partial charge in [-0.3, -0.25) is 0 Å². The molecule has 1 unspecified atom stereocenters. The van der Waals surface area contributed by atoms with E-state index in [1.54, 1.807) is 0 Å². The van der Waals surface area contributed by atoms with Crippen LogP contribution in [0.2, 0.25) is 0 Å². The first-order chi connectivity index (χ1) is 10.2. The van der Waals surface area contributed by atoms with Gasteiger partial charge in [-0.1, -0.05) is 65.7 Å². The van der Waals surface area contributed by atoms with E-state index in [4.69, 9.17) is 9.47 Å². The molecule has 2 nitrogen and oxygen atoms in total. The maximum absolute atomic E-state index is 6.14. The van der Waals surface area contributed by atoms with Crippen LogP contribution < -0.4 is 0 Å². The largest absolute Gasteiger partial charge is 0.350 e. The van der Waals surface area contributed by atoms with Gasteiger partial charge in [-0.2, -0.15) is 0 Å². The van der Waals surface area contributed by atoms with Crippen molar-refractivity contribution in [2.45, 2.75) is 105 Å². The number of hydrogen-bond acceptors (Lipinski definition) is 2. The molecule has 0 fully saturated rings. The van der Waals surface area contributed by atoms with Gasteiger partial charge >= 0.3 is 0 Å². The summed E-state index contributed by atoms with van der Waals surface area (Å²) in [4.78, 5) is 0. The van der Waals surface area contributed by atoms with Gasteiger partial charge in [-0.15, -0.1) is 0 Å². The second-order valence-corrected chi connectivity index (χ2v) is 6.09. The zero-order valence-electron chi connectivity index (χ0n) is 15.4. The molecule has 0 aromatic carbocycles. The summed E-state index contributed by atoms with van der Waals surface area (Å²) >= 11 is 0. The molecule has 0 aliphatic heterocycles. The fourth-order valence-corrected chi connectivity index (χ4v) is 3.37. The minimum Gasteiger partial charge on any atom is -0.350 e. The van der Waals surface area contributed by atoms with Crippen LogP contribution in [0.3, 0.4) is 0 Å². The topological polar surface area (TPSA) is 18.5 Å². The SMILES string of the molecule is CCCCCCCCC(CC)C(CCC)(OCC)OCC. The van der Waals surface area contributed by atoms with Crippen molar-refractivity contribution in [2.75, 3.05) is 13.2 Å². The van der Waals surface area contributed by atoms with E-state index in [9.17, 15) is 0 Å². The Labute approximate surface area is 134 Å². The Morgan fingerprint density at radius 3 is 1.76 bits per heavy atom. The van der Waals surface area contributed by atoms with Crippen LogP contribution in [0.15, 0.2) is 0 Å². The minimum atomic E-state index is -0.337. The predicted molar refractivity (Wildman–Crippen MR) is 92.7 cm³/mol. The van der Waals surface area contributed by atoms with Crippen molar-refractivity contribution in [1.29, 1.82) is 0 Å². The molecule has 0 rings (SSSR count). The number of ether oxygens (including phenoxy) is 2. The summed E-state index contributed by atoms with van der Waals surface area (Å²) in [6.45, 7) is 12.4. The smallest absolute Gasteiger partial charge is 0.170 e. The lowest BCUT2D eigenvalue weighted by molar-refractivity contribution is -0.269. The van der Waals surface area contributed by atoms with E-state index < -0.39 is 0 Å². The average Bonchev–Trinajstić information content (AvgIpc) is 2.47. The molecule has 0 aliphatic rings. The van der Waals surface area contributed by atoms with Gasteiger partial charge in [0.2, 0.25) is 0 Å². The molecule has 21 heavy (non-hydrogen) atoms. The quantitative estimate of drug-likeness (QED) is 0.260. The zero-order chi connectivity index (χ0) is 16.0. The lowest BCUT2D eigenvalue weighted by atomic mass is 9.86. The normalized spacial score (nSPS) is 13.6. The highest BCUT2D eigenvalue weighted by molar-refractivity contribution is 4.79. The van der Waals surface area contributed by atoms with Crippen LogP contribution in [0.1, 0.15) is 98.8 Å². The maximum atomic E-state index is 6.14.